The van der Waals surface area contributed by atoms with Gasteiger partial charge in [0.2, 0.25) is 0 Å². The Kier molecular flexibility index (Phi) is 6.96. The summed E-state index contributed by atoms with van der Waals surface area (Å²) < 4.78 is 144. The smallest absolute Gasteiger partial charge is 0.389 e. The highest BCUT2D eigenvalue weighted by atomic mass is 19.4. The maximum absolute atomic E-state index is 13.2. The Labute approximate surface area is 129 Å². The van der Waals surface area contributed by atoms with Crippen LogP contribution in [0.15, 0.2) is 12.8 Å². The molecule has 0 amide bonds. The van der Waals surface area contributed by atoms with Crippen LogP contribution in [0, 0.1) is 0 Å². The molecule has 0 aromatic rings. The van der Waals surface area contributed by atoms with Crippen molar-refractivity contribution in [1.29, 1.82) is 0 Å². The van der Waals surface area contributed by atoms with Gasteiger partial charge in [-0.05, 0) is 0 Å². The lowest BCUT2D eigenvalue weighted by Gasteiger charge is -2.30. The fourth-order valence-corrected chi connectivity index (χ4v) is 1.43. The summed E-state index contributed by atoms with van der Waals surface area (Å²) in [6.45, 7) is 0.861. The van der Waals surface area contributed by atoms with E-state index in [1.807, 2.05) is 0 Å². The van der Waals surface area contributed by atoms with Crippen molar-refractivity contribution in [2.75, 3.05) is 6.61 Å². The van der Waals surface area contributed by atoms with Gasteiger partial charge in [0.05, 0.1) is 6.26 Å². The molecule has 0 aliphatic heterocycles. The molecule has 12 heteroatoms. The second kappa shape index (κ2) is 7.34. The van der Waals surface area contributed by atoms with E-state index in [4.69, 9.17) is 0 Å². The number of rotatable bonds is 10. The van der Waals surface area contributed by atoms with Gasteiger partial charge in [-0.25, -0.2) is 0 Å². The number of hydrogen-bond acceptors (Lipinski definition) is 1. The predicted octanol–water partition coefficient (Wildman–Crippen LogP) is 5.81. The molecule has 0 aliphatic carbocycles. The normalized spacial score (nSPS) is 14.6. The van der Waals surface area contributed by atoms with Crippen LogP contribution in [0.25, 0.3) is 0 Å². The molecule has 144 valence electrons. The highest BCUT2D eigenvalue weighted by Gasteiger charge is 2.61. The van der Waals surface area contributed by atoms with Gasteiger partial charge in [-0.3, -0.25) is 0 Å². The molecule has 0 saturated heterocycles. The van der Waals surface area contributed by atoms with Gasteiger partial charge >= 0.3 is 29.9 Å². The summed E-state index contributed by atoms with van der Waals surface area (Å²) >= 11 is 0. The summed E-state index contributed by atoms with van der Waals surface area (Å²) in [6, 6.07) is 0. The molecule has 0 aliphatic rings. The summed E-state index contributed by atoms with van der Waals surface area (Å²) in [4.78, 5) is 0. The molecule has 0 spiro atoms. The van der Waals surface area contributed by atoms with E-state index in [2.05, 4.69) is 11.3 Å². The van der Waals surface area contributed by atoms with Crippen molar-refractivity contribution in [3.63, 3.8) is 0 Å². The molecule has 0 aromatic heterocycles. The lowest BCUT2D eigenvalue weighted by molar-refractivity contribution is -0.257. The average molecular weight is 382 g/mol. The van der Waals surface area contributed by atoms with E-state index < -0.39 is 62.2 Å². The monoisotopic (exact) mass is 382 g/mol. The molecular weight excluding hydrogens is 369 g/mol. The summed E-state index contributed by atoms with van der Waals surface area (Å²) in [6.07, 6.45) is -14.2. The third kappa shape index (κ3) is 6.34. The van der Waals surface area contributed by atoms with Crippen molar-refractivity contribution in [3.05, 3.63) is 12.8 Å². The van der Waals surface area contributed by atoms with Crippen LogP contribution in [0.1, 0.15) is 25.7 Å². The molecular formula is C12H13F11O. The second-order valence-corrected chi connectivity index (χ2v) is 4.91. The Bertz CT molecular complexity index is 414. The zero-order chi connectivity index (χ0) is 19.4. The van der Waals surface area contributed by atoms with Crippen molar-refractivity contribution in [1.82, 2.24) is 0 Å². The molecule has 0 unspecified atom stereocenters. The first kappa shape index (κ1) is 22.8. The summed E-state index contributed by atoms with van der Waals surface area (Å²) in [5, 5.41) is 0. The average Bonchev–Trinajstić information content (AvgIpc) is 2.40. The van der Waals surface area contributed by atoms with E-state index in [0.29, 0.717) is 6.26 Å². The molecule has 0 aromatic carbocycles. The van der Waals surface area contributed by atoms with Crippen molar-refractivity contribution in [2.45, 2.75) is 55.5 Å². The van der Waals surface area contributed by atoms with E-state index in [-0.39, 0.29) is 0 Å². The summed E-state index contributed by atoms with van der Waals surface area (Å²) in [5.41, 5.74) is 0. The van der Waals surface area contributed by atoms with Gasteiger partial charge in [0.15, 0.2) is 6.61 Å². The van der Waals surface area contributed by atoms with Crippen LogP contribution in [0.2, 0.25) is 0 Å². The van der Waals surface area contributed by atoms with Crippen LogP contribution in [0.3, 0.4) is 0 Å². The molecule has 0 heterocycles. The minimum Gasteiger partial charge on any atom is -0.495 e. The Morgan fingerprint density at radius 1 is 0.583 bits per heavy atom. The van der Waals surface area contributed by atoms with E-state index in [0.717, 1.165) is 0 Å². The second-order valence-electron chi connectivity index (χ2n) is 4.91. The highest BCUT2D eigenvalue weighted by molar-refractivity contribution is 4.91. The van der Waals surface area contributed by atoms with Crippen LogP contribution in [-0.2, 0) is 4.74 Å². The molecule has 0 atom stereocenters. The van der Waals surface area contributed by atoms with Crippen molar-refractivity contribution in [2.24, 2.45) is 0 Å². The van der Waals surface area contributed by atoms with Gasteiger partial charge in [0.1, 0.15) is 0 Å². The zero-order valence-corrected chi connectivity index (χ0v) is 11.9. The first-order valence-electron chi connectivity index (χ1n) is 6.28. The summed E-state index contributed by atoms with van der Waals surface area (Å²) in [5.74, 6) is -20.7. The van der Waals surface area contributed by atoms with E-state index in [1.165, 1.54) is 0 Å². The summed E-state index contributed by atoms with van der Waals surface area (Å²) in [7, 11) is 0. The molecule has 0 rings (SSSR count). The van der Waals surface area contributed by atoms with Gasteiger partial charge < -0.3 is 4.74 Å². The minimum atomic E-state index is -5.32. The van der Waals surface area contributed by atoms with Crippen LogP contribution >= 0.6 is 0 Å². The minimum absolute atomic E-state index is 0.379. The van der Waals surface area contributed by atoms with Crippen molar-refractivity contribution < 1.29 is 53.0 Å². The number of hydrogen-bond donors (Lipinski definition) is 0. The molecule has 0 saturated carbocycles. The highest BCUT2D eigenvalue weighted by Crippen LogP contribution is 2.46. The maximum Gasteiger partial charge on any atom is 0.389 e. The molecule has 1 nitrogen and oxygen atoms in total. The van der Waals surface area contributed by atoms with E-state index in [1.54, 1.807) is 0 Å². The van der Waals surface area contributed by atoms with Crippen LogP contribution in [-0.4, -0.2) is 36.5 Å². The number of ether oxygens (including phenoxy) is 1. The van der Waals surface area contributed by atoms with E-state index >= 15 is 0 Å². The third-order valence-corrected chi connectivity index (χ3v) is 2.93. The topological polar surface area (TPSA) is 9.23 Å². The van der Waals surface area contributed by atoms with Gasteiger partial charge in [-0.2, -0.15) is 48.3 Å². The Morgan fingerprint density at radius 2 is 0.917 bits per heavy atom. The Balaban J connectivity index is 4.93. The van der Waals surface area contributed by atoms with Crippen LogP contribution < -0.4 is 0 Å². The quantitative estimate of drug-likeness (QED) is 0.342. The fourth-order valence-electron chi connectivity index (χ4n) is 1.43. The van der Waals surface area contributed by atoms with E-state index in [9.17, 15) is 48.3 Å². The largest absolute Gasteiger partial charge is 0.495 e. The lowest BCUT2D eigenvalue weighted by atomic mass is 9.97. The molecule has 0 fully saturated rings. The Morgan fingerprint density at radius 3 is 1.25 bits per heavy atom. The first-order valence-corrected chi connectivity index (χ1v) is 6.28. The lowest BCUT2D eigenvalue weighted by Crippen LogP contribution is -2.47. The van der Waals surface area contributed by atoms with Gasteiger partial charge in [-0.1, -0.05) is 6.58 Å². The van der Waals surface area contributed by atoms with Crippen LogP contribution in [0.5, 0.6) is 0 Å². The standard InChI is InChI=1S/C12H13F11O/c1-2-24-7-11(19,20)10(17,18)4-3-8(13,14)9(15,16)5-6-12(21,22)23/h2H,1,3-7H2. The molecule has 0 radical (unpaired) electrons. The first-order chi connectivity index (χ1) is 10.5. The van der Waals surface area contributed by atoms with Crippen LogP contribution in [0.4, 0.5) is 48.3 Å². The molecule has 0 N–H and O–H groups in total. The zero-order valence-electron chi connectivity index (χ0n) is 11.9. The van der Waals surface area contributed by atoms with Gasteiger partial charge in [0, 0.05) is 25.7 Å². The number of halogens is 11. The third-order valence-electron chi connectivity index (χ3n) is 2.93. The van der Waals surface area contributed by atoms with Crippen molar-refractivity contribution >= 4 is 0 Å². The maximum atomic E-state index is 13.2. The molecule has 24 heavy (non-hydrogen) atoms. The molecule has 0 bridgehead atoms. The number of alkyl halides is 11. The SMILES string of the molecule is C=COCC(F)(F)C(F)(F)CCC(F)(F)C(F)(F)CCC(F)(F)F. The van der Waals surface area contributed by atoms with Crippen molar-refractivity contribution in [3.8, 4) is 0 Å². The fraction of sp³-hybridized carbons (Fsp3) is 0.833. The van der Waals surface area contributed by atoms with Gasteiger partial charge in [0.25, 0.3) is 0 Å². The Hall–Kier alpha value is -1.23. The predicted molar refractivity (Wildman–Crippen MR) is 60.5 cm³/mol. The van der Waals surface area contributed by atoms with Gasteiger partial charge in [-0.15, -0.1) is 0 Å².